The van der Waals surface area contributed by atoms with Crippen LogP contribution in [-0.2, 0) is 4.74 Å². The molecule has 4 nitrogen and oxygen atoms in total. The van der Waals surface area contributed by atoms with E-state index in [1.807, 2.05) is 0 Å². The molecule has 1 unspecified atom stereocenters. The van der Waals surface area contributed by atoms with E-state index >= 15 is 0 Å². The molecule has 0 aromatic carbocycles. The standard InChI is InChI=1S/C12H25N3O/c1-2-12-11-13-3-4-15(12)6-5-14-7-9-16-10-8-14/h12-13H,2-11H2,1H3. The normalized spacial score (nSPS) is 29.4. The van der Waals surface area contributed by atoms with Crippen molar-refractivity contribution >= 4 is 0 Å². The van der Waals surface area contributed by atoms with Gasteiger partial charge in [-0.1, -0.05) is 6.92 Å². The van der Waals surface area contributed by atoms with Crippen molar-refractivity contribution in [1.29, 1.82) is 0 Å². The summed E-state index contributed by atoms with van der Waals surface area (Å²) in [6.45, 7) is 12.3. The van der Waals surface area contributed by atoms with Gasteiger partial charge in [0.05, 0.1) is 13.2 Å². The Kier molecular flexibility index (Phi) is 5.03. The molecule has 2 heterocycles. The number of nitrogens with zero attached hydrogens (tertiary/aromatic N) is 2. The van der Waals surface area contributed by atoms with E-state index in [1.54, 1.807) is 0 Å². The molecule has 4 heteroatoms. The fourth-order valence-electron chi connectivity index (χ4n) is 2.59. The van der Waals surface area contributed by atoms with Gasteiger partial charge in [-0.2, -0.15) is 0 Å². The van der Waals surface area contributed by atoms with Crippen molar-refractivity contribution in [3.63, 3.8) is 0 Å². The second-order valence-electron chi connectivity index (χ2n) is 4.76. The highest BCUT2D eigenvalue weighted by atomic mass is 16.5. The molecule has 0 radical (unpaired) electrons. The lowest BCUT2D eigenvalue weighted by Crippen LogP contribution is -2.53. The highest BCUT2D eigenvalue weighted by Crippen LogP contribution is 2.07. The molecule has 0 saturated carbocycles. The average molecular weight is 227 g/mol. The first kappa shape index (κ1) is 12.3. The topological polar surface area (TPSA) is 27.7 Å². The highest BCUT2D eigenvalue weighted by Gasteiger charge is 2.21. The monoisotopic (exact) mass is 227 g/mol. The quantitative estimate of drug-likeness (QED) is 0.732. The summed E-state index contributed by atoms with van der Waals surface area (Å²) in [4.78, 5) is 5.17. The average Bonchev–Trinajstić information content (AvgIpc) is 2.38. The fourth-order valence-corrected chi connectivity index (χ4v) is 2.59. The van der Waals surface area contributed by atoms with E-state index in [9.17, 15) is 0 Å². The van der Waals surface area contributed by atoms with Gasteiger partial charge in [-0.3, -0.25) is 9.80 Å². The van der Waals surface area contributed by atoms with Crippen molar-refractivity contribution in [2.24, 2.45) is 0 Å². The SMILES string of the molecule is CCC1CNCCN1CCN1CCOCC1. The minimum Gasteiger partial charge on any atom is -0.379 e. The lowest BCUT2D eigenvalue weighted by molar-refractivity contribution is 0.0291. The molecular weight excluding hydrogens is 202 g/mol. The molecule has 0 bridgehead atoms. The van der Waals surface area contributed by atoms with Crippen LogP contribution in [0.25, 0.3) is 0 Å². The van der Waals surface area contributed by atoms with Crippen LogP contribution in [0.5, 0.6) is 0 Å². The van der Waals surface area contributed by atoms with Gasteiger partial charge in [0.1, 0.15) is 0 Å². The third-order valence-electron chi connectivity index (χ3n) is 3.75. The van der Waals surface area contributed by atoms with E-state index in [2.05, 4.69) is 22.0 Å². The van der Waals surface area contributed by atoms with E-state index in [0.717, 1.165) is 38.9 Å². The van der Waals surface area contributed by atoms with E-state index < -0.39 is 0 Å². The van der Waals surface area contributed by atoms with Crippen LogP contribution in [0.3, 0.4) is 0 Å². The molecule has 0 aliphatic carbocycles. The number of nitrogens with one attached hydrogen (secondary N) is 1. The van der Waals surface area contributed by atoms with Gasteiger partial charge in [-0.05, 0) is 6.42 Å². The molecule has 1 atom stereocenters. The van der Waals surface area contributed by atoms with Crippen LogP contribution in [-0.4, -0.2) is 74.9 Å². The van der Waals surface area contributed by atoms with Crippen LogP contribution in [0.15, 0.2) is 0 Å². The number of hydrogen-bond donors (Lipinski definition) is 1. The molecule has 2 saturated heterocycles. The zero-order valence-electron chi connectivity index (χ0n) is 10.5. The zero-order chi connectivity index (χ0) is 11.2. The lowest BCUT2D eigenvalue weighted by Gasteiger charge is -2.37. The van der Waals surface area contributed by atoms with Crippen molar-refractivity contribution in [1.82, 2.24) is 15.1 Å². The van der Waals surface area contributed by atoms with Gasteiger partial charge in [-0.15, -0.1) is 0 Å². The Morgan fingerprint density at radius 2 is 2.00 bits per heavy atom. The molecule has 2 fully saturated rings. The maximum atomic E-state index is 5.37. The predicted molar refractivity (Wildman–Crippen MR) is 65.8 cm³/mol. The largest absolute Gasteiger partial charge is 0.379 e. The lowest BCUT2D eigenvalue weighted by atomic mass is 10.1. The van der Waals surface area contributed by atoms with Gasteiger partial charge in [-0.25, -0.2) is 0 Å². The Morgan fingerprint density at radius 1 is 1.19 bits per heavy atom. The number of hydrogen-bond acceptors (Lipinski definition) is 4. The Bertz CT molecular complexity index is 195. The molecule has 2 aliphatic heterocycles. The minimum absolute atomic E-state index is 0.745. The third kappa shape index (κ3) is 3.42. The van der Waals surface area contributed by atoms with E-state index in [1.165, 1.54) is 32.6 Å². The van der Waals surface area contributed by atoms with E-state index in [-0.39, 0.29) is 0 Å². The fraction of sp³-hybridized carbons (Fsp3) is 1.00. The van der Waals surface area contributed by atoms with Gasteiger partial charge in [0.2, 0.25) is 0 Å². The third-order valence-corrected chi connectivity index (χ3v) is 3.75. The maximum absolute atomic E-state index is 5.37. The minimum atomic E-state index is 0.745. The van der Waals surface area contributed by atoms with E-state index in [0.29, 0.717) is 0 Å². The molecule has 2 rings (SSSR count). The van der Waals surface area contributed by atoms with Gasteiger partial charge >= 0.3 is 0 Å². The molecular formula is C12H25N3O. The predicted octanol–water partition coefficient (Wildman–Crippen LogP) is 0.00240. The number of ether oxygens (including phenoxy) is 1. The Balaban J connectivity index is 1.70. The summed E-state index contributed by atoms with van der Waals surface area (Å²) in [7, 11) is 0. The van der Waals surface area contributed by atoms with Crippen molar-refractivity contribution in [2.45, 2.75) is 19.4 Å². The Hall–Kier alpha value is -0.160. The summed E-state index contributed by atoms with van der Waals surface area (Å²) in [5.41, 5.74) is 0. The summed E-state index contributed by atoms with van der Waals surface area (Å²) >= 11 is 0. The molecule has 94 valence electrons. The summed E-state index contributed by atoms with van der Waals surface area (Å²) in [5, 5.41) is 3.48. The number of morpholine rings is 1. The van der Waals surface area contributed by atoms with Crippen molar-refractivity contribution in [2.75, 3.05) is 59.0 Å². The van der Waals surface area contributed by atoms with Crippen LogP contribution < -0.4 is 5.32 Å². The van der Waals surface area contributed by atoms with Crippen LogP contribution >= 0.6 is 0 Å². The second kappa shape index (κ2) is 6.55. The van der Waals surface area contributed by atoms with Crippen molar-refractivity contribution in [3.8, 4) is 0 Å². The Morgan fingerprint density at radius 3 is 2.75 bits per heavy atom. The van der Waals surface area contributed by atoms with Crippen LogP contribution in [0, 0.1) is 0 Å². The first-order valence-corrected chi connectivity index (χ1v) is 6.65. The number of piperazine rings is 1. The molecule has 2 aliphatic rings. The molecule has 0 amide bonds. The maximum Gasteiger partial charge on any atom is 0.0594 e. The molecule has 0 aromatic heterocycles. The molecule has 1 N–H and O–H groups in total. The highest BCUT2D eigenvalue weighted by molar-refractivity contribution is 4.79. The molecule has 0 spiro atoms. The van der Waals surface area contributed by atoms with Crippen LogP contribution in [0.4, 0.5) is 0 Å². The summed E-state index contributed by atoms with van der Waals surface area (Å²) in [5.74, 6) is 0. The Labute approximate surface area is 98.9 Å². The second-order valence-corrected chi connectivity index (χ2v) is 4.76. The zero-order valence-corrected chi connectivity index (χ0v) is 10.5. The van der Waals surface area contributed by atoms with Crippen LogP contribution in [0.2, 0.25) is 0 Å². The van der Waals surface area contributed by atoms with E-state index in [4.69, 9.17) is 4.74 Å². The summed E-state index contributed by atoms with van der Waals surface area (Å²) in [6.07, 6.45) is 1.26. The molecule has 0 aromatic rings. The van der Waals surface area contributed by atoms with Gasteiger partial charge in [0.15, 0.2) is 0 Å². The van der Waals surface area contributed by atoms with Gasteiger partial charge in [0.25, 0.3) is 0 Å². The first-order valence-electron chi connectivity index (χ1n) is 6.65. The first-order chi connectivity index (χ1) is 7.90. The van der Waals surface area contributed by atoms with Crippen molar-refractivity contribution in [3.05, 3.63) is 0 Å². The number of rotatable bonds is 4. The summed E-state index contributed by atoms with van der Waals surface area (Å²) < 4.78 is 5.37. The molecule has 16 heavy (non-hydrogen) atoms. The summed E-state index contributed by atoms with van der Waals surface area (Å²) in [6, 6.07) is 0.745. The smallest absolute Gasteiger partial charge is 0.0594 e. The van der Waals surface area contributed by atoms with Gasteiger partial charge < -0.3 is 10.1 Å². The van der Waals surface area contributed by atoms with Crippen molar-refractivity contribution < 1.29 is 4.74 Å². The van der Waals surface area contributed by atoms with Crippen LogP contribution in [0.1, 0.15) is 13.3 Å². The van der Waals surface area contributed by atoms with Gasteiger partial charge in [0, 0.05) is 51.9 Å².